The highest BCUT2D eigenvalue weighted by molar-refractivity contribution is 5.76. The Morgan fingerprint density at radius 3 is 2.25 bits per heavy atom. The van der Waals surface area contributed by atoms with Crippen LogP contribution in [-0.4, -0.2) is 76.1 Å². The molecule has 1 aliphatic heterocycles. The minimum absolute atomic E-state index is 0.0603. The highest BCUT2D eigenvalue weighted by Gasteiger charge is 2.32. The van der Waals surface area contributed by atoms with Gasteiger partial charge in [-0.15, -0.1) is 0 Å². The van der Waals surface area contributed by atoms with E-state index in [9.17, 15) is 22.8 Å². The number of nitrogens with zero attached hydrogens (tertiary/aromatic N) is 5. The van der Waals surface area contributed by atoms with Crippen molar-refractivity contribution in [1.82, 2.24) is 19.8 Å². The number of anilines is 1. The fourth-order valence-electron chi connectivity index (χ4n) is 2.94. The summed E-state index contributed by atoms with van der Waals surface area (Å²) in [6.45, 7) is 4.33. The van der Waals surface area contributed by atoms with Gasteiger partial charge in [0.2, 0.25) is 11.9 Å². The molecule has 28 heavy (non-hydrogen) atoms. The Morgan fingerprint density at radius 2 is 1.75 bits per heavy atom. The predicted molar refractivity (Wildman–Crippen MR) is 94.9 cm³/mol. The molecule has 1 fully saturated rings. The topological polar surface area (TPSA) is 89.9 Å². The summed E-state index contributed by atoms with van der Waals surface area (Å²) in [7, 11) is 0. The molecule has 8 nitrogen and oxygen atoms in total. The highest BCUT2D eigenvalue weighted by Crippen LogP contribution is 2.28. The van der Waals surface area contributed by atoms with Gasteiger partial charge in [0.05, 0.1) is 5.56 Å². The lowest BCUT2D eigenvalue weighted by Gasteiger charge is -2.35. The van der Waals surface area contributed by atoms with E-state index in [-0.39, 0.29) is 18.3 Å². The molecule has 0 radical (unpaired) electrons. The second-order valence-electron chi connectivity index (χ2n) is 6.51. The molecule has 0 aromatic carbocycles. The van der Waals surface area contributed by atoms with Crippen molar-refractivity contribution < 1.29 is 27.9 Å². The number of alkyl halides is 3. The third-order valence-electron chi connectivity index (χ3n) is 4.46. The predicted octanol–water partition coefficient (Wildman–Crippen LogP) is 2.31. The van der Waals surface area contributed by atoms with Gasteiger partial charge in [0, 0.05) is 58.1 Å². The maximum Gasteiger partial charge on any atom is 0.419 e. The van der Waals surface area contributed by atoms with Crippen LogP contribution in [0.1, 0.15) is 31.7 Å². The van der Waals surface area contributed by atoms with Gasteiger partial charge in [-0.2, -0.15) is 13.2 Å². The first-order valence-corrected chi connectivity index (χ1v) is 9.12. The Kier molecular flexibility index (Phi) is 7.41. The van der Waals surface area contributed by atoms with Crippen LogP contribution in [0.5, 0.6) is 0 Å². The van der Waals surface area contributed by atoms with Gasteiger partial charge >= 0.3 is 12.3 Å². The Balaban J connectivity index is 1.78. The molecule has 0 saturated carbocycles. The van der Waals surface area contributed by atoms with Crippen LogP contribution < -0.4 is 4.90 Å². The van der Waals surface area contributed by atoms with E-state index in [0.29, 0.717) is 52.1 Å². The molecular weight excluding hydrogens is 379 g/mol. The van der Waals surface area contributed by atoms with Crippen molar-refractivity contribution >= 4 is 17.9 Å². The molecule has 2 heterocycles. The van der Waals surface area contributed by atoms with Gasteiger partial charge in [-0.05, 0) is 12.8 Å². The second-order valence-corrected chi connectivity index (χ2v) is 6.51. The summed E-state index contributed by atoms with van der Waals surface area (Å²) in [5.41, 5.74) is -0.899. The molecule has 0 spiro atoms. The van der Waals surface area contributed by atoms with Crippen molar-refractivity contribution in [2.45, 2.75) is 32.4 Å². The molecule has 2 rings (SSSR count). The number of amides is 2. The Hall–Kier alpha value is -2.59. The summed E-state index contributed by atoms with van der Waals surface area (Å²) in [4.78, 5) is 35.6. The zero-order valence-electron chi connectivity index (χ0n) is 15.7. The van der Waals surface area contributed by atoms with Gasteiger partial charge in [-0.1, -0.05) is 6.92 Å². The van der Waals surface area contributed by atoms with E-state index in [4.69, 9.17) is 5.11 Å². The van der Waals surface area contributed by atoms with Crippen LogP contribution in [0.2, 0.25) is 0 Å². The minimum atomic E-state index is -4.48. The number of hydrogen-bond acceptors (Lipinski definition) is 5. The maximum atomic E-state index is 12.6. The van der Waals surface area contributed by atoms with Crippen molar-refractivity contribution in [1.29, 1.82) is 0 Å². The molecule has 1 aliphatic rings. The fraction of sp³-hybridized carbons (Fsp3) is 0.647. The number of rotatable bonds is 7. The van der Waals surface area contributed by atoms with Crippen molar-refractivity contribution in [3.8, 4) is 0 Å². The molecule has 11 heteroatoms. The van der Waals surface area contributed by atoms with Gasteiger partial charge in [0.25, 0.3) is 0 Å². The van der Waals surface area contributed by atoms with E-state index in [0.717, 1.165) is 12.4 Å². The van der Waals surface area contributed by atoms with Gasteiger partial charge in [-0.3, -0.25) is 4.79 Å². The summed E-state index contributed by atoms with van der Waals surface area (Å²) in [5, 5.41) is 9.07. The van der Waals surface area contributed by atoms with Crippen molar-refractivity contribution in [3.63, 3.8) is 0 Å². The standard InChI is InChI=1S/C17H24F3N5O3/c1-2-5-25(16(27)28)6-3-4-14(26)23-7-9-24(10-8-23)15-21-11-13(12-22-15)17(18,19)20/h11-12H,2-10H2,1H3,(H,27,28). The van der Waals surface area contributed by atoms with Crippen molar-refractivity contribution in [2.24, 2.45) is 0 Å². The number of piperazine rings is 1. The SMILES string of the molecule is CCCN(CCCC(=O)N1CCN(c2ncc(C(F)(F)F)cn2)CC1)C(=O)O. The van der Waals surface area contributed by atoms with E-state index in [1.807, 2.05) is 6.92 Å². The number of hydrogen-bond donors (Lipinski definition) is 1. The van der Waals surface area contributed by atoms with E-state index in [1.54, 1.807) is 9.80 Å². The lowest BCUT2D eigenvalue weighted by atomic mass is 10.2. The molecule has 1 N–H and O–H groups in total. The first kappa shape index (κ1) is 21.7. The summed E-state index contributed by atoms with van der Waals surface area (Å²) in [5.74, 6) is 0.145. The quantitative estimate of drug-likeness (QED) is 0.752. The molecule has 1 aromatic heterocycles. The van der Waals surface area contributed by atoms with Crippen LogP contribution in [0.15, 0.2) is 12.4 Å². The lowest BCUT2D eigenvalue weighted by Crippen LogP contribution is -2.49. The number of halogens is 3. The average Bonchev–Trinajstić information content (AvgIpc) is 2.66. The summed E-state index contributed by atoms with van der Waals surface area (Å²) < 4.78 is 37.7. The highest BCUT2D eigenvalue weighted by atomic mass is 19.4. The zero-order chi connectivity index (χ0) is 20.7. The molecule has 1 aromatic rings. The first-order chi connectivity index (χ1) is 13.2. The molecule has 0 atom stereocenters. The Labute approximate surface area is 161 Å². The Morgan fingerprint density at radius 1 is 1.14 bits per heavy atom. The largest absolute Gasteiger partial charge is 0.465 e. The molecule has 156 valence electrons. The third-order valence-corrected chi connectivity index (χ3v) is 4.46. The van der Waals surface area contributed by atoms with Crippen molar-refractivity contribution in [3.05, 3.63) is 18.0 Å². The van der Waals surface area contributed by atoms with Crippen LogP contribution >= 0.6 is 0 Å². The summed E-state index contributed by atoms with van der Waals surface area (Å²) in [6, 6.07) is 0. The Bertz CT molecular complexity index is 661. The molecule has 0 bridgehead atoms. The van der Waals surface area contributed by atoms with E-state index >= 15 is 0 Å². The summed E-state index contributed by atoms with van der Waals surface area (Å²) >= 11 is 0. The third kappa shape index (κ3) is 5.96. The van der Waals surface area contributed by atoms with Gasteiger partial charge < -0.3 is 19.8 Å². The smallest absolute Gasteiger partial charge is 0.419 e. The van der Waals surface area contributed by atoms with E-state index in [1.165, 1.54) is 4.90 Å². The molecule has 0 unspecified atom stereocenters. The average molecular weight is 403 g/mol. The number of carbonyl (C=O) groups is 2. The number of carboxylic acid groups (broad SMARTS) is 1. The first-order valence-electron chi connectivity index (χ1n) is 9.12. The second kappa shape index (κ2) is 9.56. The molecule has 1 saturated heterocycles. The molecular formula is C17H24F3N5O3. The van der Waals surface area contributed by atoms with Crippen LogP contribution in [0, 0.1) is 0 Å². The number of aromatic nitrogens is 2. The minimum Gasteiger partial charge on any atom is -0.465 e. The van der Waals surface area contributed by atoms with Crippen LogP contribution in [0.3, 0.4) is 0 Å². The van der Waals surface area contributed by atoms with Gasteiger partial charge in [-0.25, -0.2) is 14.8 Å². The normalized spacial score (nSPS) is 14.9. The summed E-state index contributed by atoms with van der Waals surface area (Å²) in [6.07, 6.45) is -2.53. The van der Waals surface area contributed by atoms with Gasteiger partial charge in [0.1, 0.15) is 0 Å². The van der Waals surface area contributed by atoms with E-state index < -0.39 is 17.8 Å². The molecule has 0 aliphatic carbocycles. The van der Waals surface area contributed by atoms with E-state index in [2.05, 4.69) is 9.97 Å². The number of carbonyl (C=O) groups excluding carboxylic acids is 1. The van der Waals surface area contributed by atoms with Crippen LogP contribution in [0.4, 0.5) is 23.9 Å². The fourth-order valence-corrected chi connectivity index (χ4v) is 2.94. The monoisotopic (exact) mass is 403 g/mol. The molecule has 2 amide bonds. The zero-order valence-corrected chi connectivity index (χ0v) is 15.7. The van der Waals surface area contributed by atoms with Crippen molar-refractivity contribution in [2.75, 3.05) is 44.2 Å². The van der Waals surface area contributed by atoms with Crippen LogP contribution in [0.25, 0.3) is 0 Å². The van der Waals surface area contributed by atoms with Crippen LogP contribution in [-0.2, 0) is 11.0 Å². The lowest BCUT2D eigenvalue weighted by molar-refractivity contribution is -0.138. The maximum absolute atomic E-state index is 12.6. The van der Waals surface area contributed by atoms with Gasteiger partial charge in [0.15, 0.2) is 0 Å².